The number of amides is 1. The molecule has 1 aromatic rings. The van der Waals surface area contributed by atoms with Crippen molar-refractivity contribution in [3.8, 4) is 0 Å². The van der Waals surface area contributed by atoms with E-state index in [2.05, 4.69) is 9.97 Å². The van der Waals surface area contributed by atoms with Crippen LogP contribution < -0.4 is 5.56 Å². The van der Waals surface area contributed by atoms with E-state index in [4.69, 9.17) is 0 Å². The number of thioether (sulfide) groups is 1. The molecule has 2 heterocycles. The molecule has 1 N–H and O–H groups in total. The predicted octanol–water partition coefficient (Wildman–Crippen LogP) is 0.460. The largest absolute Gasteiger partial charge is 0.341 e. The minimum atomic E-state index is -3.02. The molecule has 1 aliphatic rings. The van der Waals surface area contributed by atoms with E-state index < -0.39 is 9.84 Å². The summed E-state index contributed by atoms with van der Waals surface area (Å²) in [5.41, 5.74) is 0.482. The lowest BCUT2D eigenvalue weighted by Crippen LogP contribution is -2.38. The minimum Gasteiger partial charge on any atom is -0.341 e. The van der Waals surface area contributed by atoms with Gasteiger partial charge >= 0.3 is 0 Å². The van der Waals surface area contributed by atoms with Gasteiger partial charge in [0.05, 0.1) is 17.3 Å². The van der Waals surface area contributed by atoms with Gasteiger partial charge in [-0.25, -0.2) is 13.4 Å². The van der Waals surface area contributed by atoms with Gasteiger partial charge in [-0.3, -0.25) is 9.59 Å². The van der Waals surface area contributed by atoms with E-state index >= 15 is 0 Å². The first-order chi connectivity index (χ1) is 10.8. The van der Waals surface area contributed by atoms with Crippen LogP contribution in [0.2, 0.25) is 0 Å². The molecule has 1 aromatic heterocycles. The summed E-state index contributed by atoms with van der Waals surface area (Å²) in [6.45, 7) is 2.00. The van der Waals surface area contributed by atoms with E-state index in [1.165, 1.54) is 11.0 Å². The van der Waals surface area contributed by atoms with Gasteiger partial charge in [-0.1, -0.05) is 25.1 Å². The highest BCUT2D eigenvalue weighted by Gasteiger charge is 2.32. The van der Waals surface area contributed by atoms with Crippen LogP contribution in [0.3, 0.4) is 0 Å². The van der Waals surface area contributed by atoms with Crippen LogP contribution in [-0.2, 0) is 21.1 Å². The highest BCUT2D eigenvalue weighted by Crippen LogP contribution is 2.19. The summed E-state index contributed by atoms with van der Waals surface area (Å²) in [5.74, 6) is 0.115. The summed E-state index contributed by atoms with van der Waals surface area (Å²) in [4.78, 5) is 32.2. The number of hydrogen-bond acceptors (Lipinski definition) is 6. The molecule has 0 radical (unpaired) electrons. The van der Waals surface area contributed by atoms with Crippen molar-refractivity contribution in [1.82, 2.24) is 14.9 Å². The third-order valence-corrected chi connectivity index (χ3v) is 6.37. The van der Waals surface area contributed by atoms with Gasteiger partial charge in [0.25, 0.3) is 5.56 Å². The van der Waals surface area contributed by atoms with Crippen molar-refractivity contribution in [3.05, 3.63) is 22.1 Å². The topological polar surface area (TPSA) is 100 Å². The van der Waals surface area contributed by atoms with Crippen molar-refractivity contribution in [3.63, 3.8) is 0 Å². The predicted molar refractivity (Wildman–Crippen MR) is 89.4 cm³/mol. The number of nitrogens with zero attached hydrogens (tertiary/aromatic N) is 2. The molecule has 1 fully saturated rings. The zero-order valence-electron chi connectivity index (χ0n) is 13.2. The molecule has 0 bridgehead atoms. The van der Waals surface area contributed by atoms with Crippen LogP contribution in [-0.4, -0.2) is 59.5 Å². The van der Waals surface area contributed by atoms with E-state index in [0.717, 1.165) is 18.2 Å². The average molecular weight is 359 g/mol. The van der Waals surface area contributed by atoms with E-state index in [9.17, 15) is 18.0 Å². The van der Waals surface area contributed by atoms with Crippen molar-refractivity contribution in [1.29, 1.82) is 0 Å². The van der Waals surface area contributed by atoms with Crippen molar-refractivity contribution >= 4 is 27.5 Å². The lowest BCUT2D eigenvalue weighted by Gasteiger charge is -2.23. The number of aromatic amines is 1. The maximum atomic E-state index is 12.2. The van der Waals surface area contributed by atoms with E-state index in [-0.39, 0.29) is 34.8 Å². The quantitative estimate of drug-likeness (QED) is 0.585. The molecule has 1 atom stereocenters. The highest BCUT2D eigenvalue weighted by atomic mass is 32.2. The van der Waals surface area contributed by atoms with E-state index in [1.54, 1.807) is 7.05 Å². The zero-order valence-corrected chi connectivity index (χ0v) is 14.9. The highest BCUT2D eigenvalue weighted by molar-refractivity contribution is 7.99. The number of carbonyl (C=O) groups is 1. The molecule has 1 amide bonds. The Bertz CT molecular complexity index is 730. The third-order valence-electron chi connectivity index (χ3n) is 3.76. The summed E-state index contributed by atoms with van der Waals surface area (Å²) < 4.78 is 23.0. The van der Waals surface area contributed by atoms with Crippen LogP contribution in [0.15, 0.2) is 16.0 Å². The van der Waals surface area contributed by atoms with Crippen LogP contribution in [0.25, 0.3) is 0 Å². The standard InChI is InChI=1S/C14H21N3O4S2/c1-3-4-10-7-12(18)16-14(15-10)22-8-13(19)17(2)11-5-6-23(20,21)9-11/h7,11H,3-6,8-9H2,1-2H3,(H,15,16,18)/t11-/m0/s1. The Balaban J connectivity index is 1.95. The fraction of sp³-hybridized carbons (Fsp3) is 0.643. The molecule has 9 heteroatoms. The fourth-order valence-electron chi connectivity index (χ4n) is 2.45. The van der Waals surface area contributed by atoms with Crippen molar-refractivity contribution in [2.45, 2.75) is 37.4 Å². The van der Waals surface area contributed by atoms with Crippen LogP contribution in [0.5, 0.6) is 0 Å². The normalized spacial score (nSPS) is 19.7. The number of nitrogens with one attached hydrogen (secondary N) is 1. The summed E-state index contributed by atoms with van der Waals surface area (Å²) >= 11 is 1.16. The number of hydrogen-bond donors (Lipinski definition) is 1. The SMILES string of the molecule is CCCc1cc(=O)[nH]c(SCC(=O)N(C)[C@H]2CCS(=O)(=O)C2)n1. The van der Waals surface area contributed by atoms with Gasteiger partial charge in [0.2, 0.25) is 5.91 Å². The summed E-state index contributed by atoms with van der Waals surface area (Å²) in [7, 11) is -1.40. The number of aromatic nitrogens is 2. The molecular weight excluding hydrogens is 338 g/mol. The summed E-state index contributed by atoms with van der Waals surface area (Å²) in [5, 5.41) is 0.418. The maximum absolute atomic E-state index is 12.2. The van der Waals surface area contributed by atoms with Gasteiger partial charge in [0.1, 0.15) is 0 Å². The number of sulfone groups is 1. The Kier molecular flexibility index (Phi) is 5.85. The molecule has 0 aliphatic carbocycles. The fourth-order valence-corrected chi connectivity index (χ4v) is 5.05. The van der Waals surface area contributed by atoms with E-state index in [1.807, 2.05) is 6.92 Å². The first-order valence-electron chi connectivity index (χ1n) is 7.50. The molecule has 128 valence electrons. The maximum Gasteiger partial charge on any atom is 0.251 e. The molecule has 0 spiro atoms. The van der Waals surface area contributed by atoms with Gasteiger partial charge in [0, 0.05) is 24.8 Å². The molecule has 7 nitrogen and oxygen atoms in total. The Morgan fingerprint density at radius 3 is 2.87 bits per heavy atom. The number of carbonyl (C=O) groups excluding carboxylic acids is 1. The molecule has 23 heavy (non-hydrogen) atoms. The van der Waals surface area contributed by atoms with Crippen LogP contribution in [0.4, 0.5) is 0 Å². The second-order valence-corrected chi connectivity index (χ2v) is 8.83. The Morgan fingerprint density at radius 1 is 1.52 bits per heavy atom. The van der Waals surface area contributed by atoms with Gasteiger partial charge in [0.15, 0.2) is 15.0 Å². The minimum absolute atomic E-state index is 0.0287. The summed E-state index contributed by atoms with van der Waals surface area (Å²) in [6.07, 6.45) is 2.08. The third kappa shape index (κ3) is 5.07. The summed E-state index contributed by atoms with van der Waals surface area (Å²) in [6, 6.07) is 1.21. The molecule has 1 aliphatic heterocycles. The second kappa shape index (κ2) is 7.48. The molecule has 2 rings (SSSR count). The number of rotatable bonds is 6. The number of H-pyrrole nitrogens is 1. The molecular formula is C14H21N3O4S2. The van der Waals surface area contributed by atoms with Gasteiger partial charge < -0.3 is 9.88 Å². The van der Waals surface area contributed by atoms with Crippen molar-refractivity contribution in [2.24, 2.45) is 0 Å². The van der Waals surface area contributed by atoms with Crippen LogP contribution in [0.1, 0.15) is 25.5 Å². The molecule has 1 saturated heterocycles. The van der Waals surface area contributed by atoms with Crippen molar-refractivity contribution in [2.75, 3.05) is 24.3 Å². The second-order valence-electron chi connectivity index (χ2n) is 5.64. The van der Waals surface area contributed by atoms with Crippen LogP contribution >= 0.6 is 11.8 Å². The average Bonchev–Trinajstić information content (AvgIpc) is 2.84. The molecule has 0 unspecified atom stereocenters. The number of aryl methyl sites for hydroxylation is 1. The smallest absolute Gasteiger partial charge is 0.251 e. The first kappa shape index (κ1) is 18.0. The van der Waals surface area contributed by atoms with Crippen molar-refractivity contribution < 1.29 is 13.2 Å². The first-order valence-corrected chi connectivity index (χ1v) is 10.3. The van der Waals surface area contributed by atoms with E-state index in [0.29, 0.717) is 23.7 Å². The zero-order chi connectivity index (χ0) is 17.0. The molecule has 0 aromatic carbocycles. The Hall–Kier alpha value is -1.35. The Morgan fingerprint density at radius 2 is 2.26 bits per heavy atom. The van der Waals surface area contributed by atoms with Gasteiger partial charge in [-0.05, 0) is 12.8 Å². The Labute approximate surface area is 139 Å². The lowest BCUT2D eigenvalue weighted by molar-refractivity contribution is -0.128. The lowest BCUT2D eigenvalue weighted by atomic mass is 10.2. The van der Waals surface area contributed by atoms with Gasteiger partial charge in [-0.15, -0.1) is 0 Å². The van der Waals surface area contributed by atoms with Crippen LogP contribution in [0, 0.1) is 0 Å². The molecule has 0 saturated carbocycles. The van der Waals surface area contributed by atoms with Gasteiger partial charge in [-0.2, -0.15) is 0 Å². The monoisotopic (exact) mass is 359 g/mol.